The van der Waals surface area contributed by atoms with Gasteiger partial charge in [-0.3, -0.25) is 9.59 Å². The number of ketones is 1. The van der Waals surface area contributed by atoms with E-state index in [0.29, 0.717) is 12.8 Å². The van der Waals surface area contributed by atoms with Gasteiger partial charge in [-0.25, -0.2) is 0 Å². The minimum Gasteiger partial charge on any atom is -0.481 e. The van der Waals surface area contributed by atoms with E-state index in [0.717, 1.165) is 0 Å². The van der Waals surface area contributed by atoms with Gasteiger partial charge in [0.15, 0.2) is 0 Å². The Morgan fingerprint density at radius 3 is 2.33 bits per heavy atom. The standard InChI is InChI=1S/C10H17ClO4/c1-10(2,9(11)15)5-3-4-7(12)6-8(13)14/h9,15H,3-6H2,1-2H3,(H,13,14)/t9-/m1/s1. The van der Waals surface area contributed by atoms with Crippen molar-refractivity contribution in [2.24, 2.45) is 5.41 Å². The van der Waals surface area contributed by atoms with E-state index in [1.807, 2.05) is 0 Å². The number of carboxylic acid groups (broad SMARTS) is 1. The van der Waals surface area contributed by atoms with E-state index in [1.54, 1.807) is 13.8 Å². The monoisotopic (exact) mass is 236 g/mol. The molecule has 0 aromatic rings. The van der Waals surface area contributed by atoms with E-state index in [1.165, 1.54) is 0 Å². The molecule has 0 saturated carbocycles. The number of hydrogen-bond acceptors (Lipinski definition) is 3. The molecule has 15 heavy (non-hydrogen) atoms. The van der Waals surface area contributed by atoms with Gasteiger partial charge in [-0.15, -0.1) is 0 Å². The molecule has 88 valence electrons. The molecule has 0 saturated heterocycles. The maximum atomic E-state index is 11.0. The van der Waals surface area contributed by atoms with Gasteiger partial charge in [-0.1, -0.05) is 25.4 Å². The fourth-order valence-electron chi connectivity index (χ4n) is 1.12. The van der Waals surface area contributed by atoms with Gasteiger partial charge in [0.2, 0.25) is 0 Å². The van der Waals surface area contributed by atoms with E-state index in [2.05, 4.69) is 0 Å². The van der Waals surface area contributed by atoms with E-state index < -0.39 is 23.4 Å². The quantitative estimate of drug-likeness (QED) is 0.522. The summed E-state index contributed by atoms with van der Waals surface area (Å²) >= 11 is 5.55. The lowest BCUT2D eigenvalue weighted by Gasteiger charge is -2.25. The van der Waals surface area contributed by atoms with Gasteiger partial charge in [0.1, 0.15) is 17.8 Å². The summed E-state index contributed by atoms with van der Waals surface area (Å²) in [5, 5.41) is 17.5. The van der Waals surface area contributed by atoms with E-state index in [4.69, 9.17) is 16.7 Å². The molecule has 0 aliphatic carbocycles. The topological polar surface area (TPSA) is 74.6 Å². The predicted molar refractivity (Wildman–Crippen MR) is 56.8 cm³/mol. The van der Waals surface area contributed by atoms with Gasteiger partial charge in [-0.05, 0) is 12.8 Å². The number of Topliss-reactive ketones (excluding diaryl/α,β-unsaturated/α-hetero) is 1. The second-order valence-electron chi connectivity index (χ2n) is 4.29. The maximum Gasteiger partial charge on any atom is 0.310 e. The average Bonchev–Trinajstić information content (AvgIpc) is 2.01. The molecule has 0 aromatic heterocycles. The number of rotatable bonds is 7. The molecule has 0 radical (unpaired) electrons. The molecule has 0 bridgehead atoms. The van der Waals surface area contributed by atoms with Crippen LogP contribution in [0.3, 0.4) is 0 Å². The Labute approximate surface area is 94.2 Å². The highest BCUT2D eigenvalue weighted by molar-refractivity contribution is 6.19. The summed E-state index contributed by atoms with van der Waals surface area (Å²) in [6, 6.07) is 0. The van der Waals surface area contributed by atoms with Crippen LogP contribution in [0.4, 0.5) is 0 Å². The number of aliphatic hydroxyl groups excluding tert-OH is 1. The van der Waals surface area contributed by atoms with Crippen molar-refractivity contribution in [1.29, 1.82) is 0 Å². The SMILES string of the molecule is CC(C)(CCCC(=O)CC(=O)O)[C@@H](O)Cl. The Kier molecular flexibility index (Phi) is 5.83. The van der Waals surface area contributed by atoms with Crippen molar-refractivity contribution in [2.75, 3.05) is 0 Å². The number of carbonyl (C=O) groups is 2. The maximum absolute atomic E-state index is 11.0. The first-order chi connectivity index (χ1) is 6.75. The molecule has 0 heterocycles. The van der Waals surface area contributed by atoms with Crippen molar-refractivity contribution in [3.8, 4) is 0 Å². The van der Waals surface area contributed by atoms with Crippen LogP contribution in [0.1, 0.15) is 39.5 Å². The third-order valence-corrected chi connectivity index (χ3v) is 2.86. The van der Waals surface area contributed by atoms with Crippen LogP contribution in [0.2, 0.25) is 0 Å². The highest BCUT2D eigenvalue weighted by Gasteiger charge is 2.25. The number of hydrogen-bond donors (Lipinski definition) is 2. The predicted octanol–water partition coefficient (Wildman–Crippen LogP) is 1.78. The number of alkyl halides is 1. The molecule has 1 atom stereocenters. The second-order valence-corrected chi connectivity index (χ2v) is 4.70. The Hall–Kier alpha value is -0.610. The van der Waals surface area contributed by atoms with Crippen molar-refractivity contribution in [2.45, 2.75) is 45.1 Å². The molecule has 0 spiro atoms. The van der Waals surface area contributed by atoms with Crippen molar-refractivity contribution in [3.63, 3.8) is 0 Å². The van der Waals surface area contributed by atoms with Crippen molar-refractivity contribution >= 4 is 23.4 Å². The minimum absolute atomic E-state index is 0.222. The number of halogens is 1. The highest BCUT2D eigenvalue weighted by Crippen LogP contribution is 2.29. The number of aliphatic hydroxyl groups is 1. The first-order valence-corrected chi connectivity index (χ1v) is 5.25. The first-order valence-electron chi connectivity index (χ1n) is 4.81. The van der Waals surface area contributed by atoms with Crippen LogP contribution in [-0.4, -0.2) is 27.5 Å². The van der Waals surface area contributed by atoms with Gasteiger partial charge in [0.05, 0.1) is 0 Å². The van der Waals surface area contributed by atoms with E-state index in [9.17, 15) is 14.7 Å². The van der Waals surface area contributed by atoms with E-state index in [-0.39, 0.29) is 12.2 Å². The Morgan fingerprint density at radius 1 is 1.40 bits per heavy atom. The average molecular weight is 237 g/mol. The molecule has 0 aliphatic heterocycles. The summed E-state index contributed by atoms with van der Waals surface area (Å²) in [5.74, 6) is -1.39. The lowest BCUT2D eigenvalue weighted by atomic mass is 9.87. The molecule has 0 amide bonds. The Bertz CT molecular complexity index is 236. The summed E-state index contributed by atoms with van der Waals surface area (Å²) in [4.78, 5) is 21.2. The third kappa shape index (κ3) is 6.47. The minimum atomic E-state index is -1.10. The number of carboxylic acids is 1. The summed E-state index contributed by atoms with van der Waals surface area (Å²) in [6.07, 6.45) is 0.926. The molecule has 5 heteroatoms. The molecule has 0 rings (SSSR count). The molecule has 0 unspecified atom stereocenters. The van der Waals surface area contributed by atoms with Crippen LogP contribution in [0.25, 0.3) is 0 Å². The molecule has 4 nitrogen and oxygen atoms in total. The van der Waals surface area contributed by atoms with Gasteiger partial charge < -0.3 is 10.2 Å². The summed E-state index contributed by atoms with van der Waals surface area (Å²) in [6.45, 7) is 3.60. The first kappa shape index (κ1) is 14.4. The van der Waals surface area contributed by atoms with Crippen LogP contribution in [0.15, 0.2) is 0 Å². The molecule has 0 aromatic carbocycles. The van der Waals surface area contributed by atoms with Crippen LogP contribution < -0.4 is 0 Å². The normalized spacial score (nSPS) is 13.6. The third-order valence-electron chi connectivity index (χ3n) is 2.27. The number of aliphatic carboxylic acids is 1. The zero-order valence-corrected chi connectivity index (χ0v) is 9.75. The van der Waals surface area contributed by atoms with Gasteiger partial charge in [-0.2, -0.15) is 0 Å². The zero-order valence-electron chi connectivity index (χ0n) is 8.99. The fourth-order valence-corrected chi connectivity index (χ4v) is 1.23. The van der Waals surface area contributed by atoms with Crippen molar-refractivity contribution in [3.05, 3.63) is 0 Å². The molecule has 0 fully saturated rings. The van der Waals surface area contributed by atoms with Crippen molar-refractivity contribution < 1.29 is 19.8 Å². The van der Waals surface area contributed by atoms with Crippen LogP contribution >= 0.6 is 11.6 Å². The Morgan fingerprint density at radius 2 is 1.93 bits per heavy atom. The zero-order chi connectivity index (χ0) is 12.1. The lowest BCUT2D eigenvalue weighted by Crippen LogP contribution is -2.24. The molecular weight excluding hydrogens is 220 g/mol. The molecule has 0 aliphatic rings. The summed E-state index contributed by atoms with van der Waals surface area (Å²) in [7, 11) is 0. The highest BCUT2D eigenvalue weighted by atomic mass is 35.5. The smallest absolute Gasteiger partial charge is 0.310 e. The van der Waals surface area contributed by atoms with Crippen LogP contribution in [-0.2, 0) is 9.59 Å². The molecule has 2 N–H and O–H groups in total. The van der Waals surface area contributed by atoms with Crippen LogP contribution in [0.5, 0.6) is 0 Å². The Balaban J connectivity index is 3.79. The van der Waals surface area contributed by atoms with Crippen LogP contribution in [0, 0.1) is 5.41 Å². The second kappa shape index (κ2) is 6.08. The van der Waals surface area contributed by atoms with Gasteiger partial charge >= 0.3 is 5.97 Å². The lowest BCUT2D eigenvalue weighted by molar-refractivity contribution is -0.140. The molecular formula is C10H17ClO4. The number of carbonyl (C=O) groups excluding carboxylic acids is 1. The van der Waals surface area contributed by atoms with Gasteiger partial charge in [0, 0.05) is 11.8 Å². The largest absolute Gasteiger partial charge is 0.481 e. The fraction of sp³-hybridized carbons (Fsp3) is 0.800. The van der Waals surface area contributed by atoms with Gasteiger partial charge in [0.25, 0.3) is 0 Å². The summed E-state index contributed by atoms with van der Waals surface area (Å²) < 4.78 is 0. The van der Waals surface area contributed by atoms with Crippen molar-refractivity contribution in [1.82, 2.24) is 0 Å². The summed E-state index contributed by atoms with van der Waals surface area (Å²) in [5.41, 5.74) is -1.41. The van der Waals surface area contributed by atoms with E-state index >= 15 is 0 Å².